The lowest BCUT2D eigenvalue weighted by molar-refractivity contribution is -0.163. The third kappa shape index (κ3) is 4.83. The van der Waals surface area contributed by atoms with Gasteiger partial charge in [-0.1, -0.05) is 32.9 Å². The first-order chi connectivity index (χ1) is 17.0. The maximum atomic E-state index is 13.4. The normalized spacial score (nSPS) is 29.5. The van der Waals surface area contributed by atoms with Gasteiger partial charge in [0.15, 0.2) is 0 Å². The second kappa shape index (κ2) is 10.6. The van der Waals surface area contributed by atoms with Crippen molar-refractivity contribution in [3.63, 3.8) is 0 Å². The van der Waals surface area contributed by atoms with Crippen LogP contribution in [0.15, 0.2) is 34.9 Å². The molecule has 36 heavy (non-hydrogen) atoms. The van der Waals surface area contributed by atoms with Crippen LogP contribution in [0.1, 0.15) is 39.7 Å². The van der Waals surface area contributed by atoms with Crippen LogP contribution in [-0.4, -0.2) is 74.3 Å². The number of aliphatic carboxylic acids is 1. The summed E-state index contributed by atoms with van der Waals surface area (Å²) in [5, 5.41) is 23.5. The number of amides is 1. The minimum Gasteiger partial charge on any atom is -0.477 e. The third-order valence-electron chi connectivity index (χ3n) is 7.56. The number of rotatable bonds is 10. The zero-order chi connectivity index (χ0) is 26.3. The molecule has 7 atom stereocenters. The molecular weight excluding hydrogens is 485 g/mol. The van der Waals surface area contributed by atoms with E-state index in [1.807, 2.05) is 20.8 Å². The van der Waals surface area contributed by atoms with Gasteiger partial charge in [0.1, 0.15) is 17.8 Å². The molecule has 0 saturated carbocycles. The van der Waals surface area contributed by atoms with Gasteiger partial charge in [-0.2, -0.15) is 0 Å². The Morgan fingerprint density at radius 3 is 2.53 bits per heavy atom. The Bertz CT molecular complexity index is 1050. The van der Waals surface area contributed by atoms with Crippen LogP contribution in [0.2, 0.25) is 0 Å². The van der Waals surface area contributed by atoms with E-state index in [2.05, 4.69) is 10.2 Å². The average Bonchev–Trinajstić information content (AvgIpc) is 3.36. The third-order valence-corrected chi connectivity index (χ3v) is 9.07. The second-order valence-corrected chi connectivity index (χ2v) is 11.7. The molecule has 4 rings (SSSR count). The molecule has 3 aliphatic heterocycles. The van der Waals surface area contributed by atoms with Gasteiger partial charge in [0.25, 0.3) is 0 Å². The fourth-order valence-electron chi connectivity index (χ4n) is 5.73. The maximum absolute atomic E-state index is 13.4. The number of fused-ring (bicyclic) bond motifs is 1. The fraction of sp³-hybridized carbons (Fsp3) is 0.577. The Morgan fingerprint density at radius 1 is 1.31 bits per heavy atom. The molecule has 196 valence electrons. The number of hydrogen-bond acceptors (Lipinski definition) is 7. The number of carbonyl (C=O) groups is 3. The van der Waals surface area contributed by atoms with E-state index in [4.69, 9.17) is 0 Å². The molecule has 0 aromatic heterocycles. The van der Waals surface area contributed by atoms with E-state index in [0.29, 0.717) is 24.4 Å². The lowest BCUT2D eigenvalue weighted by Gasteiger charge is -2.46. The number of halogens is 1. The highest BCUT2D eigenvalue weighted by Crippen LogP contribution is 2.52. The van der Waals surface area contributed by atoms with Gasteiger partial charge in [0.05, 0.1) is 30.3 Å². The molecule has 2 fully saturated rings. The van der Waals surface area contributed by atoms with Gasteiger partial charge in [-0.25, -0.2) is 9.18 Å². The Morgan fingerprint density at radius 2 is 1.97 bits per heavy atom. The van der Waals surface area contributed by atoms with E-state index >= 15 is 0 Å². The molecule has 10 heteroatoms. The second-order valence-electron chi connectivity index (χ2n) is 10.3. The molecule has 3 aliphatic rings. The standard InChI is InChI=1S/C26H34FN3O5S/c1-13(2)19(12-31)29(11-16-5-7-17(27)8-6-16)20-9-18(10-28-20)36-24-14(3)22-21(15(4)32)25(33)30(22)23(24)26(34)35/h5-8,12-15,18-22,28,32H,9-11H2,1-4H3,(H,34,35)/t14-,15-,18+,19-,20+,21-,22-/m1/s1. The first-order valence-corrected chi connectivity index (χ1v) is 13.3. The van der Waals surface area contributed by atoms with Crippen molar-refractivity contribution in [3.05, 3.63) is 46.2 Å². The van der Waals surface area contributed by atoms with Crippen LogP contribution >= 0.6 is 11.8 Å². The molecule has 0 spiro atoms. The predicted octanol–water partition coefficient (Wildman–Crippen LogP) is 2.43. The maximum Gasteiger partial charge on any atom is 0.353 e. The van der Waals surface area contributed by atoms with Crippen LogP contribution in [0.4, 0.5) is 4.39 Å². The summed E-state index contributed by atoms with van der Waals surface area (Å²) in [4.78, 5) is 40.9. The van der Waals surface area contributed by atoms with Gasteiger partial charge in [-0.05, 0) is 37.0 Å². The zero-order valence-corrected chi connectivity index (χ0v) is 21.7. The van der Waals surface area contributed by atoms with Crippen LogP contribution in [0.3, 0.4) is 0 Å². The summed E-state index contributed by atoms with van der Waals surface area (Å²) in [6.07, 6.45) is 0.659. The minimum atomic E-state index is -1.13. The molecule has 3 N–H and O–H groups in total. The first-order valence-electron chi connectivity index (χ1n) is 12.4. The van der Waals surface area contributed by atoms with Crippen molar-refractivity contribution in [3.8, 4) is 0 Å². The Labute approximate surface area is 214 Å². The van der Waals surface area contributed by atoms with Gasteiger partial charge in [0.2, 0.25) is 5.91 Å². The van der Waals surface area contributed by atoms with Crippen LogP contribution in [-0.2, 0) is 20.9 Å². The highest BCUT2D eigenvalue weighted by molar-refractivity contribution is 8.03. The van der Waals surface area contributed by atoms with E-state index < -0.39 is 18.0 Å². The largest absolute Gasteiger partial charge is 0.477 e. The monoisotopic (exact) mass is 519 g/mol. The molecule has 1 amide bonds. The van der Waals surface area contributed by atoms with Crippen molar-refractivity contribution in [2.24, 2.45) is 17.8 Å². The number of carboxylic acids is 1. The molecule has 1 aromatic carbocycles. The average molecular weight is 520 g/mol. The predicted molar refractivity (Wildman–Crippen MR) is 134 cm³/mol. The number of aliphatic hydroxyl groups excluding tert-OH is 1. The van der Waals surface area contributed by atoms with E-state index in [1.165, 1.54) is 28.8 Å². The number of β-lactam (4-membered cyclic amide) rings is 1. The summed E-state index contributed by atoms with van der Waals surface area (Å²) in [5.74, 6) is -2.50. The molecule has 0 bridgehead atoms. The van der Waals surface area contributed by atoms with Crippen molar-refractivity contribution >= 4 is 29.9 Å². The van der Waals surface area contributed by atoms with Crippen LogP contribution in [0.25, 0.3) is 0 Å². The molecule has 1 aromatic rings. The Kier molecular flexibility index (Phi) is 7.89. The number of nitrogens with zero attached hydrogens (tertiary/aromatic N) is 2. The van der Waals surface area contributed by atoms with Crippen molar-refractivity contribution in [1.29, 1.82) is 0 Å². The lowest BCUT2D eigenvalue weighted by atomic mass is 9.79. The van der Waals surface area contributed by atoms with E-state index in [-0.39, 0.29) is 52.8 Å². The van der Waals surface area contributed by atoms with Gasteiger partial charge in [-0.3, -0.25) is 9.69 Å². The lowest BCUT2D eigenvalue weighted by Crippen LogP contribution is -2.63. The zero-order valence-electron chi connectivity index (χ0n) is 20.9. The van der Waals surface area contributed by atoms with Crippen molar-refractivity contribution in [2.75, 3.05) is 6.54 Å². The summed E-state index contributed by atoms with van der Waals surface area (Å²) in [7, 11) is 0. The summed E-state index contributed by atoms with van der Waals surface area (Å²) in [6.45, 7) is 8.54. The summed E-state index contributed by atoms with van der Waals surface area (Å²) in [5.41, 5.74) is 0.924. The molecule has 0 radical (unpaired) electrons. The Hall–Kier alpha value is -2.27. The number of carboxylic acid groups (broad SMARTS) is 1. The van der Waals surface area contributed by atoms with Crippen molar-refractivity contribution < 1.29 is 29.0 Å². The topological polar surface area (TPSA) is 110 Å². The molecule has 0 aliphatic carbocycles. The summed E-state index contributed by atoms with van der Waals surface area (Å²) < 4.78 is 13.4. The number of nitrogens with one attached hydrogen (secondary N) is 1. The SMILES string of the molecule is CC(C)[C@@H](C=O)N(Cc1ccc(F)cc1)[C@H]1C[C@H](SC2=C(C(=O)O)N3C(=O)[C@H]([C@@H](C)O)[C@H]3[C@H]2C)CN1. The van der Waals surface area contributed by atoms with Gasteiger partial charge >= 0.3 is 5.97 Å². The minimum absolute atomic E-state index is 0.0268. The number of carbonyl (C=O) groups excluding carboxylic acids is 2. The number of hydrogen-bond donors (Lipinski definition) is 3. The van der Waals surface area contributed by atoms with Crippen LogP contribution in [0.5, 0.6) is 0 Å². The molecular formula is C26H34FN3O5S. The van der Waals surface area contributed by atoms with Crippen molar-refractivity contribution in [2.45, 2.75) is 70.3 Å². The summed E-state index contributed by atoms with van der Waals surface area (Å²) in [6, 6.07) is 5.57. The molecule has 0 unspecified atom stereocenters. The number of aliphatic hydroxyl groups is 1. The van der Waals surface area contributed by atoms with Crippen molar-refractivity contribution in [1.82, 2.24) is 15.1 Å². The van der Waals surface area contributed by atoms with Crippen LogP contribution in [0, 0.1) is 23.6 Å². The van der Waals surface area contributed by atoms with Gasteiger partial charge < -0.3 is 25.2 Å². The van der Waals surface area contributed by atoms with E-state index in [1.54, 1.807) is 19.1 Å². The first kappa shape index (κ1) is 26.8. The number of benzene rings is 1. The quantitative estimate of drug-likeness (QED) is 0.319. The molecule has 8 nitrogen and oxygen atoms in total. The molecule has 3 heterocycles. The highest BCUT2D eigenvalue weighted by atomic mass is 32.2. The number of thioether (sulfide) groups is 1. The smallest absolute Gasteiger partial charge is 0.353 e. The number of aldehydes is 1. The molecule has 2 saturated heterocycles. The summed E-state index contributed by atoms with van der Waals surface area (Å²) >= 11 is 1.48. The fourth-order valence-corrected chi connectivity index (χ4v) is 7.19. The Balaban J connectivity index is 1.52. The van der Waals surface area contributed by atoms with E-state index in [0.717, 1.165) is 11.8 Å². The van der Waals surface area contributed by atoms with Crippen LogP contribution < -0.4 is 5.32 Å². The van der Waals surface area contributed by atoms with E-state index in [9.17, 15) is 29.0 Å². The van der Waals surface area contributed by atoms with Gasteiger partial charge in [-0.15, -0.1) is 11.8 Å². The highest BCUT2D eigenvalue weighted by Gasteiger charge is 2.60. The van der Waals surface area contributed by atoms with Gasteiger partial charge in [0, 0.05) is 29.2 Å².